The lowest BCUT2D eigenvalue weighted by Crippen LogP contribution is -2.41. The number of hydrogen-bond acceptors (Lipinski definition) is 7. The monoisotopic (exact) mass is 595 g/mol. The van der Waals surface area contributed by atoms with Gasteiger partial charge in [-0.1, -0.05) is 56.7 Å². The van der Waals surface area contributed by atoms with Crippen molar-refractivity contribution in [1.82, 2.24) is 4.57 Å². The van der Waals surface area contributed by atoms with Crippen molar-refractivity contribution < 1.29 is 34.0 Å². The molecule has 236 valence electrons. The van der Waals surface area contributed by atoms with Crippen molar-refractivity contribution in [2.24, 2.45) is 0 Å². The summed E-state index contributed by atoms with van der Waals surface area (Å²) in [6.45, 7) is 14.2. The minimum atomic E-state index is -0.950. The molecule has 43 heavy (non-hydrogen) atoms. The largest absolute Gasteiger partial charge is 0.491 e. The van der Waals surface area contributed by atoms with Gasteiger partial charge in [-0.05, 0) is 57.9 Å². The van der Waals surface area contributed by atoms with E-state index in [1.54, 1.807) is 0 Å². The molecular formula is C35H49NO7. The zero-order valence-corrected chi connectivity index (χ0v) is 26.4. The summed E-state index contributed by atoms with van der Waals surface area (Å²) in [6.07, 6.45) is 3.21. The van der Waals surface area contributed by atoms with Crippen molar-refractivity contribution in [2.45, 2.75) is 90.3 Å². The summed E-state index contributed by atoms with van der Waals surface area (Å²) in [7, 11) is 0. The molecule has 0 radical (unpaired) electrons. The van der Waals surface area contributed by atoms with E-state index in [0.29, 0.717) is 12.2 Å². The van der Waals surface area contributed by atoms with Crippen LogP contribution in [-0.4, -0.2) is 70.6 Å². The second-order valence-corrected chi connectivity index (χ2v) is 12.2. The number of hydrogen-bond donors (Lipinski definition) is 2. The smallest absolute Gasteiger partial charge is 0.330 e. The molecule has 2 N–H and O–H groups in total. The first-order valence-corrected chi connectivity index (χ1v) is 15.2. The number of aromatic nitrogens is 1. The van der Waals surface area contributed by atoms with Gasteiger partial charge in [-0.3, -0.25) is 0 Å². The summed E-state index contributed by atoms with van der Waals surface area (Å²) in [4.78, 5) is 11.2. The van der Waals surface area contributed by atoms with Crippen LogP contribution in [0.25, 0.3) is 22.2 Å². The van der Waals surface area contributed by atoms with Crippen LogP contribution < -0.4 is 4.74 Å². The lowest BCUT2D eigenvalue weighted by molar-refractivity contribution is -0.147. The van der Waals surface area contributed by atoms with Crippen LogP contribution in [0.4, 0.5) is 0 Å². The van der Waals surface area contributed by atoms with Gasteiger partial charge in [-0.2, -0.15) is 0 Å². The summed E-state index contributed by atoms with van der Waals surface area (Å²) in [6, 6.07) is 18.7. The van der Waals surface area contributed by atoms with Gasteiger partial charge in [0.05, 0.1) is 29.9 Å². The van der Waals surface area contributed by atoms with Crippen LogP contribution in [0.5, 0.6) is 5.75 Å². The number of aryl methyl sites for hydroxylation is 1. The molecular weight excluding hydrogens is 546 g/mol. The molecule has 0 amide bonds. The number of rotatable bonds is 19. The van der Waals surface area contributed by atoms with Gasteiger partial charge >= 0.3 is 5.97 Å². The molecule has 0 aliphatic carbocycles. The Balaban J connectivity index is 1.54. The summed E-state index contributed by atoms with van der Waals surface area (Å²) in [5, 5.41) is 21.9. The second-order valence-electron chi connectivity index (χ2n) is 12.2. The number of benzene rings is 2. The molecule has 0 saturated carbocycles. The average molecular weight is 596 g/mol. The Hall–Kier alpha value is -3.17. The molecule has 0 spiro atoms. The number of esters is 1. The highest BCUT2D eigenvalue weighted by Gasteiger charge is 2.31. The molecule has 8 heteroatoms. The van der Waals surface area contributed by atoms with E-state index in [9.17, 15) is 15.0 Å². The van der Waals surface area contributed by atoms with Crippen LogP contribution in [0.1, 0.15) is 60.3 Å². The van der Waals surface area contributed by atoms with E-state index >= 15 is 0 Å². The molecule has 0 saturated heterocycles. The minimum absolute atomic E-state index is 0.00312. The zero-order chi connectivity index (χ0) is 31.5. The van der Waals surface area contributed by atoms with Crippen molar-refractivity contribution in [3.05, 3.63) is 67.3 Å². The summed E-state index contributed by atoms with van der Waals surface area (Å²) in [5.74, 6) is 0.109. The van der Waals surface area contributed by atoms with E-state index in [2.05, 4.69) is 60.5 Å². The molecule has 2 atom stereocenters. The fourth-order valence-corrected chi connectivity index (χ4v) is 5.23. The number of carbonyl (C=O) groups excluding carboxylic acids is 1. The van der Waals surface area contributed by atoms with E-state index in [-0.39, 0.29) is 26.4 Å². The van der Waals surface area contributed by atoms with E-state index in [1.807, 2.05) is 39.8 Å². The number of nitrogens with zero attached hydrogens (tertiary/aromatic N) is 1. The number of fused-ring (bicyclic) bond motifs is 1. The quantitative estimate of drug-likeness (QED) is 0.0952. The molecule has 0 bridgehead atoms. The Bertz CT molecular complexity index is 1300. The summed E-state index contributed by atoms with van der Waals surface area (Å²) >= 11 is 0. The van der Waals surface area contributed by atoms with Crippen LogP contribution in [0.15, 0.2) is 67.3 Å². The highest BCUT2D eigenvalue weighted by Crippen LogP contribution is 2.32. The van der Waals surface area contributed by atoms with Gasteiger partial charge in [-0.15, -0.1) is 0 Å². The average Bonchev–Trinajstić information content (AvgIpc) is 3.34. The van der Waals surface area contributed by atoms with Crippen molar-refractivity contribution in [1.29, 1.82) is 0 Å². The standard InChI is InChI=1S/C35H49NO7/c1-7-9-13-18-36-31(26-14-11-10-12-15-26)19-27-16-17-30(20-32(27)36)40-21-28(37)23-42-34(3,4)25-35(5,6)43-24-29(38)22-41-33(39)8-2/h8,10-12,14-17,19-20,28-29,37-38H,2,7,9,13,18,21-25H2,1,3-6H3. The first-order chi connectivity index (χ1) is 20.4. The minimum Gasteiger partial charge on any atom is -0.491 e. The Labute approximate surface area is 256 Å². The molecule has 2 aromatic carbocycles. The third kappa shape index (κ3) is 11.1. The normalized spacial score (nSPS) is 13.6. The first-order valence-electron chi connectivity index (χ1n) is 15.2. The van der Waals surface area contributed by atoms with Gasteiger partial charge in [0.1, 0.15) is 31.2 Å². The van der Waals surface area contributed by atoms with Crippen LogP contribution in [-0.2, 0) is 25.5 Å². The van der Waals surface area contributed by atoms with Crippen molar-refractivity contribution >= 4 is 16.9 Å². The van der Waals surface area contributed by atoms with Crippen LogP contribution >= 0.6 is 0 Å². The highest BCUT2D eigenvalue weighted by molar-refractivity contribution is 5.88. The molecule has 3 rings (SSSR count). The second kappa shape index (κ2) is 16.1. The van der Waals surface area contributed by atoms with Crippen LogP contribution in [0, 0.1) is 0 Å². The van der Waals surface area contributed by atoms with Gasteiger partial charge in [-0.25, -0.2) is 4.79 Å². The first kappa shape index (κ1) is 34.3. The van der Waals surface area contributed by atoms with E-state index in [1.165, 1.54) is 17.7 Å². The van der Waals surface area contributed by atoms with Crippen LogP contribution in [0.2, 0.25) is 0 Å². The van der Waals surface area contributed by atoms with E-state index in [4.69, 9.17) is 18.9 Å². The van der Waals surface area contributed by atoms with Gasteiger partial charge in [0.15, 0.2) is 0 Å². The molecule has 0 aliphatic heterocycles. The number of aliphatic hydroxyl groups is 2. The summed E-state index contributed by atoms with van der Waals surface area (Å²) in [5.41, 5.74) is 2.25. The molecule has 1 heterocycles. The number of carbonyl (C=O) groups is 1. The molecule has 0 fully saturated rings. The van der Waals surface area contributed by atoms with Gasteiger partial charge in [0, 0.05) is 36.2 Å². The Morgan fingerprint density at radius 3 is 2.19 bits per heavy atom. The maximum Gasteiger partial charge on any atom is 0.330 e. The van der Waals surface area contributed by atoms with E-state index < -0.39 is 29.4 Å². The number of aliphatic hydroxyl groups excluding tert-OH is 2. The predicted molar refractivity (Wildman–Crippen MR) is 170 cm³/mol. The number of ether oxygens (including phenoxy) is 4. The topological polar surface area (TPSA) is 99.4 Å². The zero-order valence-electron chi connectivity index (χ0n) is 26.4. The van der Waals surface area contributed by atoms with Crippen LogP contribution in [0.3, 0.4) is 0 Å². The Morgan fingerprint density at radius 2 is 1.56 bits per heavy atom. The highest BCUT2D eigenvalue weighted by atomic mass is 16.6. The molecule has 8 nitrogen and oxygen atoms in total. The van der Waals surface area contributed by atoms with Gasteiger partial charge in [0.2, 0.25) is 0 Å². The third-order valence-corrected chi connectivity index (χ3v) is 7.14. The predicted octanol–water partition coefficient (Wildman–Crippen LogP) is 6.31. The van der Waals surface area contributed by atoms with Crippen molar-refractivity contribution in [2.75, 3.05) is 26.4 Å². The Kier molecular flexibility index (Phi) is 12.8. The summed E-state index contributed by atoms with van der Waals surface area (Å²) < 4.78 is 25.2. The maximum absolute atomic E-state index is 11.2. The third-order valence-electron chi connectivity index (χ3n) is 7.14. The SMILES string of the molecule is C=CC(=O)OCC(O)COC(C)(C)CC(C)(C)OCC(O)COc1ccc2cc(-c3ccccc3)n(CCCCC)c2c1. The fraction of sp³-hybridized carbons (Fsp3) is 0.514. The number of unbranched alkanes of at least 4 members (excludes halogenated alkanes) is 2. The molecule has 2 unspecified atom stereocenters. The lowest BCUT2D eigenvalue weighted by Gasteiger charge is -2.36. The Morgan fingerprint density at radius 1 is 0.907 bits per heavy atom. The molecule has 3 aromatic rings. The van der Waals surface area contributed by atoms with Gasteiger partial charge in [0.25, 0.3) is 0 Å². The van der Waals surface area contributed by atoms with Crippen molar-refractivity contribution in [3.8, 4) is 17.0 Å². The van der Waals surface area contributed by atoms with Gasteiger partial charge < -0.3 is 33.7 Å². The molecule has 1 aromatic heterocycles. The fourth-order valence-electron chi connectivity index (χ4n) is 5.23. The molecule has 0 aliphatic rings. The maximum atomic E-state index is 11.2. The van der Waals surface area contributed by atoms with Crippen molar-refractivity contribution in [3.63, 3.8) is 0 Å². The van der Waals surface area contributed by atoms with E-state index in [0.717, 1.165) is 36.4 Å². The lowest BCUT2D eigenvalue weighted by atomic mass is 9.92.